The number of nitrogens with zero attached hydrogens (tertiary/aromatic N) is 2. The van der Waals surface area contributed by atoms with Crippen LogP contribution >= 0.6 is 15.9 Å². The Balaban J connectivity index is 2.62. The Kier molecular flexibility index (Phi) is 3.17. The predicted octanol–water partition coefficient (Wildman–Crippen LogP) is 1.89. The predicted molar refractivity (Wildman–Crippen MR) is 71.9 cm³/mol. The molecule has 0 spiro atoms. The number of anilines is 1. The van der Waals surface area contributed by atoms with Gasteiger partial charge < -0.3 is 4.90 Å². The van der Waals surface area contributed by atoms with Gasteiger partial charge in [-0.2, -0.15) is 0 Å². The molecule has 0 saturated heterocycles. The Hall–Kier alpha value is -1.76. The monoisotopic (exact) mass is 326 g/mol. The minimum Gasteiger partial charge on any atom is -0.314 e. The van der Waals surface area contributed by atoms with Crippen LogP contribution in [-0.2, 0) is 4.79 Å². The van der Waals surface area contributed by atoms with Crippen LogP contribution in [0.3, 0.4) is 0 Å². The molecule has 0 fully saturated rings. The van der Waals surface area contributed by atoms with Crippen molar-refractivity contribution in [2.75, 3.05) is 18.5 Å². The number of rotatable bonds is 2. The molecule has 19 heavy (non-hydrogen) atoms. The molecule has 0 bridgehead atoms. The molecular formula is C12H11BrN2O4. The van der Waals surface area contributed by atoms with Gasteiger partial charge in [0.1, 0.15) is 0 Å². The molecule has 7 heteroatoms. The van der Waals surface area contributed by atoms with E-state index >= 15 is 0 Å². The van der Waals surface area contributed by atoms with Crippen LogP contribution in [0.25, 0.3) is 0 Å². The number of hydrogen-bond donors (Lipinski definition) is 0. The van der Waals surface area contributed by atoms with E-state index in [0.29, 0.717) is 15.7 Å². The Morgan fingerprint density at radius 3 is 2.63 bits per heavy atom. The normalized spacial score (nSPS) is 22.4. The highest BCUT2D eigenvalue weighted by Crippen LogP contribution is 2.38. The standard InChI is InChI=1S/C12H11BrN2O4/c1-12(6-15(18)19)10(16)8-5-7(13)3-4-9(8)14(2)11(12)17/h3-5H,6H2,1-2H3/t12-/m1/s1. The number of Topliss-reactive ketones (excluding diaryl/α,β-unsaturated/α-hetero) is 1. The van der Waals surface area contributed by atoms with E-state index in [1.807, 2.05) is 0 Å². The number of carbonyl (C=O) groups is 2. The molecule has 2 rings (SSSR count). The number of hydrogen-bond acceptors (Lipinski definition) is 4. The van der Waals surface area contributed by atoms with E-state index < -0.39 is 28.6 Å². The summed E-state index contributed by atoms with van der Waals surface area (Å²) in [4.78, 5) is 36.0. The van der Waals surface area contributed by atoms with E-state index in [-0.39, 0.29) is 0 Å². The van der Waals surface area contributed by atoms with Crippen LogP contribution in [0.2, 0.25) is 0 Å². The lowest BCUT2D eigenvalue weighted by molar-refractivity contribution is -0.489. The summed E-state index contributed by atoms with van der Waals surface area (Å²) in [5.74, 6) is -1.06. The minimum absolute atomic E-state index is 0.320. The topological polar surface area (TPSA) is 80.5 Å². The van der Waals surface area contributed by atoms with Crippen LogP contribution in [0.5, 0.6) is 0 Å². The fraction of sp³-hybridized carbons (Fsp3) is 0.333. The number of carbonyl (C=O) groups excluding carboxylic acids is 2. The van der Waals surface area contributed by atoms with Gasteiger partial charge in [-0.15, -0.1) is 0 Å². The summed E-state index contributed by atoms with van der Waals surface area (Å²) in [5.41, 5.74) is -0.855. The van der Waals surface area contributed by atoms with Gasteiger partial charge >= 0.3 is 0 Å². The molecule has 1 aliphatic heterocycles. The van der Waals surface area contributed by atoms with Gasteiger partial charge in [0.05, 0.1) is 5.69 Å². The van der Waals surface area contributed by atoms with Crippen LogP contribution in [0.15, 0.2) is 22.7 Å². The largest absolute Gasteiger partial charge is 0.314 e. The summed E-state index contributed by atoms with van der Waals surface area (Å²) < 4.78 is 0.686. The zero-order valence-corrected chi connectivity index (χ0v) is 11.9. The highest BCUT2D eigenvalue weighted by molar-refractivity contribution is 9.10. The van der Waals surface area contributed by atoms with Crippen molar-refractivity contribution in [1.82, 2.24) is 0 Å². The van der Waals surface area contributed by atoms with Crippen molar-refractivity contribution in [3.63, 3.8) is 0 Å². The minimum atomic E-state index is -1.65. The first-order valence-corrected chi connectivity index (χ1v) is 6.31. The van der Waals surface area contributed by atoms with Gasteiger partial charge in [-0.25, -0.2) is 0 Å². The molecule has 1 aromatic rings. The van der Waals surface area contributed by atoms with Crippen molar-refractivity contribution < 1.29 is 14.5 Å². The van der Waals surface area contributed by atoms with E-state index in [1.54, 1.807) is 18.2 Å². The Morgan fingerprint density at radius 2 is 2.05 bits per heavy atom. The molecule has 1 heterocycles. The van der Waals surface area contributed by atoms with Crippen molar-refractivity contribution in [3.05, 3.63) is 38.3 Å². The van der Waals surface area contributed by atoms with Crippen LogP contribution in [0.1, 0.15) is 17.3 Å². The van der Waals surface area contributed by atoms with Crippen LogP contribution in [0, 0.1) is 15.5 Å². The zero-order chi connectivity index (χ0) is 14.4. The van der Waals surface area contributed by atoms with Crippen molar-refractivity contribution in [3.8, 4) is 0 Å². The summed E-state index contributed by atoms with van der Waals surface area (Å²) in [6, 6.07) is 4.94. The molecule has 1 atom stereocenters. The number of halogens is 1. The first kappa shape index (κ1) is 13.7. The van der Waals surface area contributed by atoms with Gasteiger partial charge in [0, 0.05) is 22.0 Å². The van der Waals surface area contributed by atoms with Crippen LogP contribution < -0.4 is 4.90 Å². The van der Waals surface area contributed by atoms with Gasteiger partial charge in [-0.3, -0.25) is 19.7 Å². The SMILES string of the molecule is CN1C(=O)[C@](C)(C[N+](=O)[O-])C(=O)c2cc(Br)ccc21. The van der Waals surface area contributed by atoms with Crippen LogP contribution in [0.4, 0.5) is 5.69 Å². The molecule has 1 aliphatic rings. The second-order valence-electron chi connectivity index (χ2n) is 4.68. The molecule has 1 amide bonds. The molecule has 0 saturated carbocycles. The molecule has 0 aliphatic carbocycles. The number of amides is 1. The molecular weight excluding hydrogens is 316 g/mol. The fourth-order valence-electron chi connectivity index (χ4n) is 2.25. The number of ketones is 1. The van der Waals surface area contributed by atoms with E-state index in [4.69, 9.17) is 0 Å². The van der Waals surface area contributed by atoms with Crippen molar-refractivity contribution in [1.29, 1.82) is 0 Å². The number of fused-ring (bicyclic) bond motifs is 1. The second-order valence-corrected chi connectivity index (χ2v) is 5.59. The Bertz CT molecular complexity index is 601. The molecule has 1 aromatic carbocycles. The third-order valence-electron chi connectivity index (χ3n) is 3.29. The molecule has 0 aromatic heterocycles. The lowest BCUT2D eigenvalue weighted by Crippen LogP contribution is -2.53. The lowest BCUT2D eigenvalue weighted by Gasteiger charge is -2.35. The smallest absolute Gasteiger partial charge is 0.247 e. The summed E-state index contributed by atoms with van der Waals surface area (Å²) in [7, 11) is 1.51. The van der Waals surface area contributed by atoms with Gasteiger partial charge in [0.15, 0.2) is 11.2 Å². The van der Waals surface area contributed by atoms with Gasteiger partial charge in [0.25, 0.3) is 0 Å². The lowest BCUT2D eigenvalue weighted by atomic mass is 9.77. The summed E-state index contributed by atoms with van der Waals surface area (Å²) in [5, 5.41) is 10.7. The number of benzene rings is 1. The van der Waals surface area contributed by atoms with Gasteiger partial charge in [-0.1, -0.05) is 15.9 Å². The van der Waals surface area contributed by atoms with E-state index in [0.717, 1.165) is 0 Å². The Labute approximate surface area is 117 Å². The third-order valence-corrected chi connectivity index (χ3v) is 3.78. The highest BCUT2D eigenvalue weighted by Gasteiger charge is 2.52. The summed E-state index contributed by atoms with van der Waals surface area (Å²) >= 11 is 3.25. The summed E-state index contributed by atoms with van der Waals surface area (Å²) in [6.45, 7) is 0.613. The molecule has 0 radical (unpaired) electrons. The van der Waals surface area contributed by atoms with E-state index in [1.165, 1.54) is 18.9 Å². The van der Waals surface area contributed by atoms with Crippen molar-refractivity contribution in [2.45, 2.75) is 6.92 Å². The zero-order valence-electron chi connectivity index (χ0n) is 10.3. The first-order valence-electron chi connectivity index (χ1n) is 5.51. The quantitative estimate of drug-likeness (QED) is 0.472. The Morgan fingerprint density at radius 1 is 1.42 bits per heavy atom. The average Bonchev–Trinajstić information content (AvgIpc) is 2.33. The van der Waals surface area contributed by atoms with Crippen molar-refractivity contribution >= 4 is 33.3 Å². The maximum absolute atomic E-state index is 12.4. The second kappa shape index (κ2) is 4.41. The molecule has 0 unspecified atom stereocenters. The van der Waals surface area contributed by atoms with Crippen LogP contribution in [-0.4, -0.2) is 30.2 Å². The molecule has 6 nitrogen and oxygen atoms in total. The van der Waals surface area contributed by atoms with Gasteiger partial charge in [-0.05, 0) is 25.1 Å². The maximum atomic E-state index is 12.4. The fourth-order valence-corrected chi connectivity index (χ4v) is 2.62. The molecule has 0 N–H and O–H groups in total. The third kappa shape index (κ3) is 2.03. The highest BCUT2D eigenvalue weighted by atomic mass is 79.9. The molecule has 100 valence electrons. The van der Waals surface area contributed by atoms with E-state index in [9.17, 15) is 19.7 Å². The summed E-state index contributed by atoms with van der Waals surface area (Å²) in [6.07, 6.45) is 0. The van der Waals surface area contributed by atoms with E-state index in [2.05, 4.69) is 15.9 Å². The van der Waals surface area contributed by atoms with Crippen molar-refractivity contribution in [2.24, 2.45) is 5.41 Å². The number of nitro groups is 1. The first-order chi connectivity index (χ1) is 8.77. The maximum Gasteiger partial charge on any atom is 0.247 e. The van der Waals surface area contributed by atoms with Gasteiger partial charge in [0.2, 0.25) is 12.5 Å². The average molecular weight is 327 g/mol.